The average Bonchev–Trinajstić information content (AvgIpc) is 2.92. The molecule has 0 fully saturated rings. The Kier molecular flexibility index (Phi) is 6.99. The monoisotopic (exact) mass is 312 g/mol. The lowest BCUT2D eigenvalue weighted by Crippen LogP contribution is -2.40. The van der Waals surface area contributed by atoms with Gasteiger partial charge in [0.25, 0.3) is 0 Å². The molecule has 22 heavy (non-hydrogen) atoms. The summed E-state index contributed by atoms with van der Waals surface area (Å²) in [6.45, 7) is 11.8. The predicted molar refractivity (Wildman–Crippen MR) is 95.6 cm³/mol. The molecule has 0 N–H and O–H groups in total. The van der Waals surface area contributed by atoms with Gasteiger partial charge in [0.15, 0.2) is 8.32 Å². The van der Waals surface area contributed by atoms with E-state index in [-0.39, 0.29) is 5.04 Å². The lowest BCUT2D eigenvalue weighted by atomic mass is 10.2. The van der Waals surface area contributed by atoms with Crippen molar-refractivity contribution in [3.8, 4) is 23.7 Å². The second-order valence-electron chi connectivity index (χ2n) is 6.36. The van der Waals surface area contributed by atoms with Gasteiger partial charge < -0.3 is 8.84 Å². The highest BCUT2D eigenvalue weighted by Gasteiger charge is 2.36. The number of hydrogen-bond donors (Lipinski definition) is 0. The molecule has 0 atom stereocenters. The van der Waals surface area contributed by atoms with Crippen molar-refractivity contribution in [3.63, 3.8) is 0 Å². The second kappa shape index (κ2) is 8.49. The Labute approximate surface area is 135 Å². The Bertz CT molecular complexity index is 621. The van der Waals surface area contributed by atoms with Gasteiger partial charge in [-0.1, -0.05) is 38.7 Å². The van der Waals surface area contributed by atoms with E-state index >= 15 is 0 Å². The largest absolute Gasteiger partial charge is 0.465 e. The van der Waals surface area contributed by atoms with Crippen LogP contribution in [0.4, 0.5) is 0 Å². The highest BCUT2D eigenvalue weighted by atomic mass is 28.4. The molecule has 0 aliphatic rings. The van der Waals surface area contributed by atoms with E-state index in [0.29, 0.717) is 6.61 Å². The van der Waals surface area contributed by atoms with Crippen LogP contribution in [0.5, 0.6) is 0 Å². The van der Waals surface area contributed by atoms with E-state index in [0.717, 1.165) is 5.76 Å². The summed E-state index contributed by atoms with van der Waals surface area (Å²) in [5.41, 5.74) is 0. The van der Waals surface area contributed by atoms with E-state index in [4.69, 9.17) is 8.84 Å². The van der Waals surface area contributed by atoms with Crippen LogP contribution in [0.2, 0.25) is 18.1 Å². The van der Waals surface area contributed by atoms with Crippen LogP contribution in [0.1, 0.15) is 26.5 Å². The molecule has 3 heteroatoms. The van der Waals surface area contributed by atoms with Gasteiger partial charge in [-0.25, -0.2) is 0 Å². The summed E-state index contributed by atoms with van der Waals surface area (Å²) in [5.74, 6) is 12.0. The van der Waals surface area contributed by atoms with Crippen molar-refractivity contribution < 1.29 is 8.84 Å². The van der Waals surface area contributed by atoms with E-state index in [2.05, 4.69) is 57.5 Å². The molecule has 0 saturated heterocycles. The molecule has 1 rings (SSSR count). The van der Waals surface area contributed by atoms with Gasteiger partial charge in [0, 0.05) is 0 Å². The summed E-state index contributed by atoms with van der Waals surface area (Å²) < 4.78 is 11.2. The first kappa shape index (κ1) is 18.1. The Morgan fingerprint density at radius 3 is 2.45 bits per heavy atom. The number of furan rings is 1. The van der Waals surface area contributed by atoms with Crippen molar-refractivity contribution in [3.05, 3.63) is 42.4 Å². The molecule has 116 valence electrons. The van der Waals surface area contributed by atoms with Crippen LogP contribution >= 0.6 is 0 Å². The molecule has 0 spiro atoms. The van der Waals surface area contributed by atoms with Crippen LogP contribution in [0, 0.1) is 23.7 Å². The van der Waals surface area contributed by atoms with Crippen LogP contribution in [0.25, 0.3) is 6.08 Å². The number of allylic oxidation sites excluding steroid dienone is 2. The minimum absolute atomic E-state index is 0.234. The molecule has 0 unspecified atom stereocenters. The molecule has 0 saturated carbocycles. The smallest absolute Gasteiger partial charge is 0.192 e. The first-order valence-electron chi connectivity index (χ1n) is 7.33. The van der Waals surface area contributed by atoms with Gasteiger partial charge >= 0.3 is 0 Å². The molecule has 1 aromatic heterocycles. The van der Waals surface area contributed by atoms with Crippen LogP contribution in [-0.2, 0) is 4.43 Å². The maximum atomic E-state index is 6.01. The van der Waals surface area contributed by atoms with Crippen LogP contribution in [0.15, 0.2) is 41.0 Å². The lowest BCUT2D eigenvalue weighted by molar-refractivity contribution is 0.328. The Morgan fingerprint density at radius 1 is 1.18 bits per heavy atom. The van der Waals surface area contributed by atoms with Gasteiger partial charge in [-0.2, -0.15) is 0 Å². The molecular weight excluding hydrogens is 288 g/mol. The van der Waals surface area contributed by atoms with E-state index in [1.54, 1.807) is 24.5 Å². The van der Waals surface area contributed by atoms with Crippen molar-refractivity contribution in [1.29, 1.82) is 0 Å². The molecule has 0 radical (unpaired) electrons. The van der Waals surface area contributed by atoms with Crippen LogP contribution in [-0.4, -0.2) is 14.9 Å². The minimum Gasteiger partial charge on any atom is -0.465 e. The third-order valence-corrected chi connectivity index (χ3v) is 8.13. The fraction of sp³-hybridized carbons (Fsp3) is 0.368. The highest BCUT2D eigenvalue weighted by molar-refractivity contribution is 6.74. The first-order valence-corrected chi connectivity index (χ1v) is 10.2. The third kappa shape index (κ3) is 6.67. The highest BCUT2D eigenvalue weighted by Crippen LogP contribution is 2.36. The van der Waals surface area contributed by atoms with Gasteiger partial charge in [0.05, 0.1) is 12.9 Å². The number of hydrogen-bond acceptors (Lipinski definition) is 2. The molecule has 2 nitrogen and oxygen atoms in total. The molecule has 1 heterocycles. The molecule has 0 aromatic carbocycles. The van der Waals surface area contributed by atoms with Crippen molar-refractivity contribution in [1.82, 2.24) is 0 Å². The van der Waals surface area contributed by atoms with E-state index in [9.17, 15) is 0 Å². The average molecular weight is 312 g/mol. The SMILES string of the molecule is CC(C)(C)[Si](C)(C)OC/C=C/C#CC#C/C=C\c1ccco1. The zero-order chi connectivity index (χ0) is 16.5. The zero-order valence-corrected chi connectivity index (χ0v) is 15.1. The summed E-state index contributed by atoms with van der Waals surface area (Å²) in [4.78, 5) is 0. The Balaban J connectivity index is 2.33. The molecule has 0 aliphatic heterocycles. The summed E-state index contributed by atoms with van der Waals surface area (Å²) in [6.07, 6.45) is 8.88. The molecule has 0 bridgehead atoms. The van der Waals surface area contributed by atoms with E-state index in [1.807, 2.05) is 18.2 Å². The Hall–Kier alpha value is -1.94. The topological polar surface area (TPSA) is 22.4 Å². The first-order chi connectivity index (χ1) is 10.3. The quantitative estimate of drug-likeness (QED) is 0.584. The van der Waals surface area contributed by atoms with Crippen LogP contribution < -0.4 is 0 Å². The fourth-order valence-corrected chi connectivity index (χ4v) is 2.19. The van der Waals surface area contributed by atoms with E-state index in [1.165, 1.54) is 0 Å². The maximum absolute atomic E-state index is 6.01. The van der Waals surface area contributed by atoms with Crippen molar-refractivity contribution in [2.45, 2.75) is 38.9 Å². The second-order valence-corrected chi connectivity index (χ2v) is 11.2. The number of rotatable bonds is 4. The van der Waals surface area contributed by atoms with Gasteiger partial charge in [-0.3, -0.25) is 0 Å². The minimum atomic E-state index is -1.66. The molecule has 0 aliphatic carbocycles. The van der Waals surface area contributed by atoms with Gasteiger partial charge in [0.2, 0.25) is 0 Å². The lowest BCUT2D eigenvalue weighted by Gasteiger charge is -2.35. The summed E-state index contributed by atoms with van der Waals surface area (Å²) >= 11 is 0. The maximum Gasteiger partial charge on any atom is 0.192 e. The van der Waals surface area contributed by atoms with Crippen molar-refractivity contribution >= 4 is 14.4 Å². The van der Waals surface area contributed by atoms with Gasteiger partial charge in [0.1, 0.15) is 5.76 Å². The van der Waals surface area contributed by atoms with Crippen LogP contribution in [0.3, 0.4) is 0 Å². The standard InChI is InChI=1S/C19H24O2Si/c1-19(2,3)22(4,5)21-17-12-10-8-6-7-9-11-14-18-15-13-16-20-18/h10-16H,17H2,1-5H3/b12-10+,14-11-. The zero-order valence-electron chi connectivity index (χ0n) is 14.1. The summed E-state index contributed by atoms with van der Waals surface area (Å²) in [6, 6.07) is 3.71. The van der Waals surface area contributed by atoms with Gasteiger partial charge in [-0.05, 0) is 60.3 Å². The van der Waals surface area contributed by atoms with Crippen molar-refractivity contribution in [2.24, 2.45) is 0 Å². The normalized spacial score (nSPS) is 12.0. The molecular formula is C19H24O2Si. The Morgan fingerprint density at radius 2 is 1.86 bits per heavy atom. The summed E-state index contributed by atoms with van der Waals surface area (Å²) in [5, 5.41) is 0.234. The van der Waals surface area contributed by atoms with E-state index < -0.39 is 8.32 Å². The van der Waals surface area contributed by atoms with Crippen molar-refractivity contribution in [2.75, 3.05) is 6.61 Å². The van der Waals surface area contributed by atoms with Gasteiger partial charge in [-0.15, -0.1) is 0 Å². The third-order valence-electron chi connectivity index (χ3n) is 3.63. The molecule has 0 amide bonds. The molecule has 1 aromatic rings. The summed E-state index contributed by atoms with van der Waals surface area (Å²) in [7, 11) is -1.66. The predicted octanol–water partition coefficient (Wildman–Crippen LogP) is 4.88. The fourth-order valence-electron chi connectivity index (χ4n) is 1.25.